The van der Waals surface area contributed by atoms with Crippen molar-refractivity contribution >= 4 is 39.1 Å². The Hall–Kier alpha value is -2.17. The van der Waals surface area contributed by atoms with Crippen LogP contribution in [-0.2, 0) is 16.6 Å². The largest absolute Gasteiger partial charge is 0.489 e. The van der Waals surface area contributed by atoms with Crippen LogP contribution in [-0.4, -0.2) is 27.2 Å². The van der Waals surface area contributed by atoms with Crippen molar-refractivity contribution < 1.29 is 35.9 Å². The molecule has 2 aromatic rings. The minimum atomic E-state index is -3.88. The molecule has 1 N–H and O–H groups in total. The Morgan fingerprint density at radius 2 is 1.86 bits per heavy atom. The van der Waals surface area contributed by atoms with Crippen LogP contribution >= 0.6 is 23.2 Å². The van der Waals surface area contributed by atoms with Gasteiger partial charge in [-0.05, 0) is 24.3 Å². The molecule has 1 amide bonds. The standard InChI is InChI=1S/C16H12Cl2F3NO5S/c1-28(24,25)22-15(23)10-6-12(18)8(4-13(10)19)7-26-9-2-3-11(17)14(5-9)27-16(20)21/h2-6,16H,7H2,1H3,(H,22,23). The smallest absolute Gasteiger partial charge is 0.387 e. The number of rotatable bonds is 7. The number of amides is 1. The monoisotopic (exact) mass is 457 g/mol. The molecule has 0 bridgehead atoms. The first kappa shape index (κ1) is 22.1. The molecule has 28 heavy (non-hydrogen) atoms. The Morgan fingerprint density at radius 3 is 2.46 bits per heavy atom. The van der Waals surface area contributed by atoms with Crippen LogP contribution < -0.4 is 14.2 Å². The zero-order valence-corrected chi connectivity index (χ0v) is 16.3. The molecule has 0 atom stereocenters. The summed E-state index contributed by atoms with van der Waals surface area (Å²) in [6.45, 7) is -3.36. The second-order valence-electron chi connectivity index (χ2n) is 5.39. The molecule has 2 rings (SSSR count). The third kappa shape index (κ3) is 6.18. The number of benzene rings is 2. The maximum Gasteiger partial charge on any atom is 0.387 e. The van der Waals surface area contributed by atoms with E-state index in [1.54, 1.807) is 4.72 Å². The lowest BCUT2D eigenvalue weighted by molar-refractivity contribution is -0.0498. The number of hydrogen-bond acceptors (Lipinski definition) is 5. The highest BCUT2D eigenvalue weighted by Gasteiger charge is 2.18. The van der Waals surface area contributed by atoms with Crippen LogP contribution in [0.1, 0.15) is 15.9 Å². The number of carbonyl (C=O) groups excluding carboxylic acids is 1. The molecule has 2 aromatic carbocycles. The zero-order valence-electron chi connectivity index (χ0n) is 14.0. The van der Waals surface area contributed by atoms with Gasteiger partial charge in [0.05, 0.1) is 16.8 Å². The van der Waals surface area contributed by atoms with Crippen molar-refractivity contribution in [2.75, 3.05) is 6.26 Å². The molecule has 0 saturated heterocycles. The van der Waals surface area contributed by atoms with E-state index in [9.17, 15) is 26.4 Å². The van der Waals surface area contributed by atoms with E-state index >= 15 is 0 Å². The lowest BCUT2D eigenvalue weighted by Crippen LogP contribution is -2.30. The quantitative estimate of drug-likeness (QED) is 0.679. The fourth-order valence-corrected chi connectivity index (χ4v) is 2.84. The summed E-state index contributed by atoms with van der Waals surface area (Å²) in [4.78, 5) is 11.8. The Kier molecular flexibility index (Phi) is 7.02. The van der Waals surface area contributed by atoms with Crippen molar-refractivity contribution in [3.63, 3.8) is 0 Å². The number of nitrogens with one attached hydrogen (secondary N) is 1. The van der Waals surface area contributed by atoms with Crippen LogP contribution in [0.25, 0.3) is 0 Å². The van der Waals surface area contributed by atoms with Gasteiger partial charge in [0.2, 0.25) is 10.0 Å². The summed E-state index contributed by atoms with van der Waals surface area (Å²) in [5, 5.41) is -0.129. The second kappa shape index (κ2) is 8.89. The van der Waals surface area contributed by atoms with Crippen molar-refractivity contribution in [2.45, 2.75) is 13.2 Å². The summed E-state index contributed by atoms with van der Waals surface area (Å²) in [7, 11) is -3.88. The van der Waals surface area contributed by atoms with Gasteiger partial charge in [0.25, 0.3) is 5.91 Å². The van der Waals surface area contributed by atoms with Gasteiger partial charge in [-0.1, -0.05) is 23.2 Å². The van der Waals surface area contributed by atoms with E-state index in [1.165, 1.54) is 12.1 Å². The molecule has 12 heteroatoms. The van der Waals surface area contributed by atoms with Crippen molar-refractivity contribution in [1.82, 2.24) is 4.72 Å². The second-order valence-corrected chi connectivity index (χ2v) is 7.95. The van der Waals surface area contributed by atoms with E-state index in [2.05, 4.69) is 4.74 Å². The van der Waals surface area contributed by atoms with Gasteiger partial charge in [0.15, 0.2) is 0 Å². The molecule has 6 nitrogen and oxygen atoms in total. The van der Waals surface area contributed by atoms with Gasteiger partial charge < -0.3 is 9.47 Å². The highest BCUT2D eigenvalue weighted by Crippen LogP contribution is 2.31. The zero-order chi connectivity index (χ0) is 21.1. The Morgan fingerprint density at radius 1 is 1.18 bits per heavy atom. The first-order valence-corrected chi connectivity index (χ1v) is 9.98. The van der Waals surface area contributed by atoms with E-state index in [0.717, 1.165) is 24.5 Å². The van der Waals surface area contributed by atoms with Gasteiger partial charge in [-0.3, -0.25) is 4.79 Å². The summed E-state index contributed by atoms with van der Waals surface area (Å²) < 4.78 is 72.2. The van der Waals surface area contributed by atoms with E-state index in [1.807, 2.05) is 0 Å². The molecule has 0 spiro atoms. The fourth-order valence-electron chi connectivity index (χ4n) is 2.02. The number of halogens is 5. The Labute approximate surface area is 168 Å². The van der Waals surface area contributed by atoms with Crippen molar-refractivity contribution in [2.24, 2.45) is 0 Å². The lowest BCUT2D eigenvalue weighted by Gasteiger charge is -2.12. The predicted octanol–water partition coefficient (Wildman–Crippen LogP) is 4.00. The molecule has 0 radical (unpaired) electrons. The maximum absolute atomic E-state index is 14.2. The molecule has 0 heterocycles. The molecular weight excluding hydrogens is 446 g/mol. The Balaban J connectivity index is 2.17. The van der Waals surface area contributed by atoms with Crippen molar-refractivity contribution in [1.29, 1.82) is 0 Å². The maximum atomic E-state index is 14.2. The van der Waals surface area contributed by atoms with E-state index in [0.29, 0.717) is 0 Å². The number of sulfonamides is 1. The molecule has 0 aliphatic rings. The van der Waals surface area contributed by atoms with Gasteiger partial charge in [0.1, 0.15) is 23.9 Å². The average molecular weight is 458 g/mol. The average Bonchev–Trinajstić information content (AvgIpc) is 2.55. The molecule has 0 aliphatic carbocycles. The number of carbonyl (C=O) groups is 1. The van der Waals surface area contributed by atoms with Crippen molar-refractivity contribution in [3.8, 4) is 11.5 Å². The summed E-state index contributed by atoms with van der Waals surface area (Å²) >= 11 is 11.7. The van der Waals surface area contributed by atoms with Crippen LogP contribution in [0, 0.1) is 5.82 Å². The number of hydrogen-bond donors (Lipinski definition) is 1. The predicted molar refractivity (Wildman–Crippen MR) is 96.1 cm³/mol. The highest BCUT2D eigenvalue weighted by atomic mass is 35.5. The van der Waals surface area contributed by atoms with Crippen LogP contribution in [0.4, 0.5) is 13.2 Å². The highest BCUT2D eigenvalue weighted by molar-refractivity contribution is 7.89. The van der Waals surface area contributed by atoms with Crippen molar-refractivity contribution in [3.05, 3.63) is 57.3 Å². The first-order chi connectivity index (χ1) is 13.0. The molecule has 0 fully saturated rings. The topological polar surface area (TPSA) is 81.7 Å². The Bertz CT molecular complexity index is 1000. The first-order valence-electron chi connectivity index (χ1n) is 7.33. The van der Waals surface area contributed by atoms with Gasteiger partial charge >= 0.3 is 6.61 Å². The summed E-state index contributed by atoms with van der Waals surface area (Å²) in [5.74, 6) is -2.42. The van der Waals surface area contributed by atoms with Gasteiger partial charge in [0, 0.05) is 16.7 Å². The summed E-state index contributed by atoms with van der Waals surface area (Å²) in [6, 6.07) is 5.61. The number of ether oxygens (including phenoxy) is 2. The minimum absolute atomic E-state index is 0.0574. The molecule has 152 valence electrons. The third-order valence-electron chi connectivity index (χ3n) is 3.17. The van der Waals surface area contributed by atoms with Gasteiger partial charge in [-0.2, -0.15) is 8.78 Å². The molecular formula is C16H12Cl2F3NO5S. The molecule has 0 aliphatic heterocycles. The third-order valence-corrected chi connectivity index (χ3v) is 4.39. The van der Waals surface area contributed by atoms with Crippen LogP contribution in [0.15, 0.2) is 30.3 Å². The molecule has 0 saturated carbocycles. The van der Waals surface area contributed by atoms with Crippen LogP contribution in [0.5, 0.6) is 11.5 Å². The molecule has 0 unspecified atom stereocenters. The minimum Gasteiger partial charge on any atom is -0.489 e. The summed E-state index contributed by atoms with van der Waals surface area (Å²) in [5.41, 5.74) is -0.445. The summed E-state index contributed by atoms with van der Waals surface area (Å²) in [6.07, 6.45) is 0.741. The lowest BCUT2D eigenvalue weighted by atomic mass is 10.1. The van der Waals surface area contributed by atoms with Crippen LogP contribution in [0.2, 0.25) is 10.0 Å². The molecule has 0 aromatic heterocycles. The van der Waals surface area contributed by atoms with E-state index in [-0.39, 0.29) is 33.7 Å². The fraction of sp³-hybridized carbons (Fsp3) is 0.188. The SMILES string of the molecule is CS(=O)(=O)NC(=O)c1cc(Cl)c(COc2ccc(Cl)c(OC(F)F)c2)cc1F. The van der Waals surface area contributed by atoms with E-state index < -0.39 is 33.9 Å². The number of alkyl halides is 2. The van der Waals surface area contributed by atoms with E-state index in [4.69, 9.17) is 27.9 Å². The van der Waals surface area contributed by atoms with Gasteiger partial charge in [-0.15, -0.1) is 0 Å². The van der Waals surface area contributed by atoms with Crippen LogP contribution in [0.3, 0.4) is 0 Å². The normalized spacial score (nSPS) is 11.4. The van der Waals surface area contributed by atoms with Gasteiger partial charge in [-0.25, -0.2) is 17.5 Å².